The molecule has 2 saturated heterocycles. The van der Waals surface area contributed by atoms with E-state index in [9.17, 15) is 4.79 Å². The molecule has 3 fully saturated rings. The van der Waals surface area contributed by atoms with E-state index in [4.69, 9.17) is 9.47 Å². The molecule has 2 aliphatic heterocycles. The van der Waals surface area contributed by atoms with Gasteiger partial charge >= 0.3 is 5.97 Å². The van der Waals surface area contributed by atoms with Gasteiger partial charge in [0.15, 0.2) is 0 Å². The van der Waals surface area contributed by atoms with Gasteiger partial charge in [-0.15, -0.1) is 0 Å². The van der Waals surface area contributed by atoms with Gasteiger partial charge in [0.25, 0.3) is 0 Å². The van der Waals surface area contributed by atoms with Gasteiger partial charge in [-0.3, -0.25) is 4.79 Å². The molecule has 0 radical (unpaired) electrons. The van der Waals surface area contributed by atoms with Crippen molar-refractivity contribution in [3.63, 3.8) is 0 Å². The summed E-state index contributed by atoms with van der Waals surface area (Å²) in [6.07, 6.45) is 3.07. The maximum absolute atomic E-state index is 11.0. The predicted molar refractivity (Wildman–Crippen MR) is 56.5 cm³/mol. The Kier molecular flexibility index (Phi) is 2.34. The summed E-state index contributed by atoms with van der Waals surface area (Å²) in [7, 11) is 0. The molecule has 1 aliphatic carbocycles. The molecule has 3 atom stereocenters. The fourth-order valence-corrected chi connectivity index (χ4v) is 3.05. The van der Waals surface area contributed by atoms with Gasteiger partial charge in [-0.25, -0.2) is 0 Å². The first-order valence-electron chi connectivity index (χ1n) is 5.71. The van der Waals surface area contributed by atoms with Gasteiger partial charge in [-0.05, 0) is 46.0 Å². The minimum atomic E-state index is -0.274. The number of hydrogen-bond acceptors (Lipinski definition) is 3. The van der Waals surface area contributed by atoms with Gasteiger partial charge in [0, 0.05) is 6.92 Å². The molecule has 2 bridgehead atoms. The highest BCUT2D eigenvalue weighted by Crippen LogP contribution is 2.50. The first-order chi connectivity index (χ1) is 6.83. The van der Waals surface area contributed by atoms with E-state index in [-0.39, 0.29) is 23.3 Å². The van der Waals surface area contributed by atoms with E-state index in [1.54, 1.807) is 0 Å². The first kappa shape index (κ1) is 10.9. The number of rotatable bonds is 1. The van der Waals surface area contributed by atoms with Crippen LogP contribution in [0.2, 0.25) is 0 Å². The molecule has 86 valence electrons. The summed E-state index contributed by atoms with van der Waals surface area (Å²) < 4.78 is 11.5. The van der Waals surface area contributed by atoms with E-state index in [2.05, 4.69) is 20.8 Å². The molecule has 15 heavy (non-hydrogen) atoms. The topological polar surface area (TPSA) is 35.5 Å². The van der Waals surface area contributed by atoms with Crippen molar-refractivity contribution in [3.05, 3.63) is 0 Å². The van der Waals surface area contributed by atoms with Crippen LogP contribution in [0.5, 0.6) is 0 Å². The van der Waals surface area contributed by atoms with E-state index >= 15 is 0 Å². The first-order valence-corrected chi connectivity index (χ1v) is 5.71. The fourth-order valence-electron chi connectivity index (χ4n) is 3.05. The summed E-state index contributed by atoms with van der Waals surface area (Å²) in [4.78, 5) is 11.0. The van der Waals surface area contributed by atoms with E-state index in [1.165, 1.54) is 13.3 Å². The van der Waals surface area contributed by atoms with Gasteiger partial charge in [-0.1, -0.05) is 0 Å². The molecule has 0 unspecified atom stereocenters. The molecule has 3 heteroatoms. The van der Waals surface area contributed by atoms with Crippen molar-refractivity contribution in [3.8, 4) is 0 Å². The highest BCUT2D eigenvalue weighted by atomic mass is 16.6. The van der Waals surface area contributed by atoms with E-state index in [1.807, 2.05) is 0 Å². The molecular weight excluding hydrogens is 192 g/mol. The largest absolute Gasteiger partial charge is 0.459 e. The number of fused-ring (bicyclic) bond motifs is 3. The normalized spacial score (nSPS) is 42.7. The quantitative estimate of drug-likeness (QED) is 0.625. The molecule has 0 aromatic heterocycles. The number of carbonyl (C=O) groups is 1. The average Bonchev–Trinajstić information content (AvgIpc) is 2.04. The van der Waals surface area contributed by atoms with Crippen LogP contribution in [-0.4, -0.2) is 23.3 Å². The predicted octanol–water partition coefficient (Wildman–Crippen LogP) is 2.29. The molecule has 3 rings (SSSR count). The van der Waals surface area contributed by atoms with Gasteiger partial charge < -0.3 is 9.47 Å². The number of esters is 1. The molecule has 0 aromatic carbocycles. The van der Waals surface area contributed by atoms with Crippen LogP contribution in [0.15, 0.2) is 0 Å². The lowest BCUT2D eigenvalue weighted by Crippen LogP contribution is -2.62. The highest BCUT2D eigenvalue weighted by Gasteiger charge is 2.55. The Bertz CT molecular complexity index is 285. The molecule has 0 N–H and O–H groups in total. The Labute approximate surface area is 91.1 Å². The Morgan fingerprint density at radius 3 is 2.53 bits per heavy atom. The van der Waals surface area contributed by atoms with Crippen LogP contribution < -0.4 is 0 Å². The zero-order valence-corrected chi connectivity index (χ0v) is 10.0. The lowest BCUT2D eigenvalue weighted by Gasteiger charge is -2.56. The monoisotopic (exact) mass is 212 g/mol. The summed E-state index contributed by atoms with van der Waals surface area (Å²) in [6.45, 7) is 7.81. The smallest absolute Gasteiger partial charge is 0.303 e. The Morgan fingerprint density at radius 2 is 2.07 bits per heavy atom. The lowest BCUT2D eigenvalue weighted by atomic mass is 9.67. The standard InChI is InChI=1S/C12H20O3/c1-8(13)14-10-7-9-5-6-12(10,4)15-11(9,2)3/h9-10H,5-7H2,1-4H3/t9-,10+,12+/m1/s1. The van der Waals surface area contributed by atoms with Crippen LogP contribution in [0.4, 0.5) is 0 Å². The van der Waals surface area contributed by atoms with E-state index in [0.717, 1.165) is 12.8 Å². The molecule has 1 saturated carbocycles. The fraction of sp³-hybridized carbons (Fsp3) is 0.917. The molecule has 0 amide bonds. The SMILES string of the molecule is CC(=O)O[C@H]1C[C@H]2CC[C@]1(C)OC2(C)C. The van der Waals surface area contributed by atoms with Gasteiger partial charge in [-0.2, -0.15) is 0 Å². The lowest BCUT2D eigenvalue weighted by molar-refractivity contribution is -0.277. The van der Waals surface area contributed by atoms with Crippen LogP contribution in [0.25, 0.3) is 0 Å². The summed E-state index contributed by atoms with van der Waals surface area (Å²) in [5.74, 6) is 0.318. The van der Waals surface area contributed by atoms with Crippen LogP contribution in [0, 0.1) is 5.92 Å². The maximum Gasteiger partial charge on any atom is 0.303 e. The highest BCUT2D eigenvalue weighted by molar-refractivity contribution is 5.66. The van der Waals surface area contributed by atoms with Crippen molar-refractivity contribution in [2.45, 2.75) is 64.3 Å². The van der Waals surface area contributed by atoms with E-state index < -0.39 is 0 Å². The van der Waals surface area contributed by atoms with Crippen molar-refractivity contribution in [2.75, 3.05) is 0 Å². The molecule has 3 aliphatic rings. The second kappa shape index (κ2) is 3.21. The van der Waals surface area contributed by atoms with Gasteiger partial charge in [0.2, 0.25) is 0 Å². The summed E-state index contributed by atoms with van der Waals surface area (Å²) in [6, 6.07) is 0. The maximum atomic E-state index is 11.0. The number of carbonyl (C=O) groups excluding carboxylic acids is 1. The third-order valence-electron chi connectivity index (χ3n) is 3.96. The van der Waals surface area contributed by atoms with Crippen LogP contribution >= 0.6 is 0 Å². The molecular formula is C12H20O3. The number of ether oxygens (including phenoxy) is 2. The van der Waals surface area contributed by atoms with Gasteiger partial charge in [0.05, 0.1) is 5.60 Å². The Morgan fingerprint density at radius 1 is 1.40 bits per heavy atom. The second-order valence-corrected chi connectivity index (χ2v) is 5.59. The zero-order chi connectivity index (χ0) is 11.3. The van der Waals surface area contributed by atoms with Crippen molar-refractivity contribution < 1.29 is 14.3 Å². The Balaban J connectivity index is 2.17. The van der Waals surface area contributed by atoms with E-state index in [0.29, 0.717) is 5.92 Å². The summed E-state index contributed by atoms with van der Waals surface area (Å²) in [5, 5.41) is 0. The summed E-state index contributed by atoms with van der Waals surface area (Å²) >= 11 is 0. The zero-order valence-electron chi connectivity index (χ0n) is 10.0. The van der Waals surface area contributed by atoms with Crippen LogP contribution in [0.1, 0.15) is 47.0 Å². The molecule has 0 spiro atoms. The van der Waals surface area contributed by atoms with Crippen molar-refractivity contribution in [1.82, 2.24) is 0 Å². The third kappa shape index (κ3) is 1.78. The van der Waals surface area contributed by atoms with Crippen molar-refractivity contribution >= 4 is 5.97 Å². The molecule has 0 aromatic rings. The Hall–Kier alpha value is -0.570. The molecule has 3 nitrogen and oxygen atoms in total. The van der Waals surface area contributed by atoms with Crippen molar-refractivity contribution in [1.29, 1.82) is 0 Å². The number of hydrogen-bond donors (Lipinski definition) is 0. The molecule has 2 heterocycles. The average molecular weight is 212 g/mol. The summed E-state index contributed by atoms with van der Waals surface area (Å²) in [5.41, 5.74) is -0.340. The second-order valence-electron chi connectivity index (χ2n) is 5.59. The third-order valence-corrected chi connectivity index (χ3v) is 3.96. The van der Waals surface area contributed by atoms with Crippen LogP contribution in [0.3, 0.4) is 0 Å². The van der Waals surface area contributed by atoms with Crippen LogP contribution in [-0.2, 0) is 14.3 Å². The van der Waals surface area contributed by atoms with Crippen molar-refractivity contribution in [2.24, 2.45) is 5.92 Å². The minimum absolute atomic E-state index is 0.0539. The minimum Gasteiger partial charge on any atom is -0.459 e. The van der Waals surface area contributed by atoms with Gasteiger partial charge in [0.1, 0.15) is 11.7 Å².